The third kappa shape index (κ3) is 3.80. The summed E-state index contributed by atoms with van der Waals surface area (Å²) in [7, 11) is -3.48. The van der Waals surface area contributed by atoms with Gasteiger partial charge in [0.25, 0.3) is 10.2 Å². The first-order chi connectivity index (χ1) is 7.44. The van der Waals surface area contributed by atoms with Crippen molar-refractivity contribution in [1.82, 2.24) is 4.72 Å². The van der Waals surface area contributed by atoms with Gasteiger partial charge in [-0.1, -0.05) is 19.1 Å². The maximum Gasteiger partial charge on any atom is 0.299 e. The van der Waals surface area contributed by atoms with Gasteiger partial charge < -0.3 is 5.11 Å². The van der Waals surface area contributed by atoms with Crippen molar-refractivity contribution in [2.45, 2.75) is 20.0 Å². The molecule has 0 amide bonds. The molecule has 0 spiro atoms. The molecule has 0 saturated heterocycles. The van der Waals surface area contributed by atoms with Gasteiger partial charge >= 0.3 is 0 Å². The van der Waals surface area contributed by atoms with E-state index in [1.807, 2.05) is 0 Å². The lowest BCUT2D eigenvalue weighted by molar-refractivity contribution is 0.199. The minimum Gasteiger partial charge on any atom is -0.389 e. The first-order valence-electron chi connectivity index (χ1n) is 5.00. The number of aliphatic hydroxyl groups is 1. The van der Waals surface area contributed by atoms with Crippen LogP contribution in [0.15, 0.2) is 24.3 Å². The summed E-state index contributed by atoms with van der Waals surface area (Å²) in [4.78, 5) is 0. The van der Waals surface area contributed by atoms with Gasteiger partial charge in [-0.2, -0.15) is 13.1 Å². The van der Waals surface area contributed by atoms with Crippen molar-refractivity contribution in [2.75, 3.05) is 11.3 Å². The van der Waals surface area contributed by atoms with E-state index in [4.69, 9.17) is 0 Å². The molecule has 1 unspecified atom stereocenters. The second kappa shape index (κ2) is 5.29. The van der Waals surface area contributed by atoms with Crippen LogP contribution in [0.1, 0.15) is 25.5 Å². The second-order valence-corrected chi connectivity index (χ2v) is 4.90. The van der Waals surface area contributed by atoms with Crippen LogP contribution in [-0.2, 0) is 10.2 Å². The molecule has 0 fully saturated rings. The Hall–Kier alpha value is -1.11. The maximum atomic E-state index is 11.3. The van der Waals surface area contributed by atoms with Gasteiger partial charge in [-0.15, -0.1) is 0 Å². The molecule has 0 radical (unpaired) electrons. The summed E-state index contributed by atoms with van der Waals surface area (Å²) in [5.74, 6) is 0. The van der Waals surface area contributed by atoms with E-state index in [1.54, 1.807) is 38.1 Å². The highest BCUT2D eigenvalue weighted by Gasteiger charge is 2.07. The van der Waals surface area contributed by atoms with Gasteiger partial charge in [-0.25, -0.2) is 0 Å². The quantitative estimate of drug-likeness (QED) is 0.723. The molecular weight excluding hydrogens is 228 g/mol. The van der Waals surface area contributed by atoms with Crippen molar-refractivity contribution in [1.29, 1.82) is 0 Å². The molecular formula is C10H16N2O3S. The van der Waals surface area contributed by atoms with Crippen molar-refractivity contribution in [3.8, 4) is 0 Å². The maximum absolute atomic E-state index is 11.3. The highest BCUT2D eigenvalue weighted by Crippen LogP contribution is 2.15. The SMILES string of the molecule is CCNS(=O)(=O)Nc1ccc(C(C)O)cc1. The van der Waals surface area contributed by atoms with Crippen LogP contribution in [-0.4, -0.2) is 20.1 Å². The zero-order chi connectivity index (χ0) is 12.2. The van der Waals surface area contributed by atoms with Crippen LogP contribution in [0.2, 0.25) is 0 Å². The Kier molecular flexibility index (Phi) is 4.28. The first kappa shape index (κ1) is 13.0. The predicted octanol–water partition coefficient (Wildman–Crippen LogP) is 1.01. The minimum absolute atomic E-state index is 0.334. The van der Waals surface area contributed by atoms with Crippen molar-refractivity contribution in [3.05, 3.63) is 29.8 Å². The average Bonchev–Trinajstić information content (AvgIpc) is 2.17. The molecule has 5 nitrogen and oxygen atoms in total. The van der Waals surface area contributed by atoms with Gasteiger partial charge in [0, 0.05) is 12.2 Å². The van der Waals surface area contributed by atoms with Gasteiger partial charge in [0.15, 0.2) is 0 Å². The highest BCUT2D eigenvalue weighted by molar-refractivity contribution is 7.90. The molecule has 1 atom stereocenters. The van der Waals surface area contributed by atoms with Crippen LogP contribution in [0.25, 0.3) is 0 Å². The smallest absolute Gasteiger partial charge is 0.299 e. The van der Waals surface area contributed by atoms with E-state index in [0.29, 0.717) is 12.2 Å². The standard InChI is InChI=1S/C10H16N2O3S/c1-3-11-16(14,15)12-10-6-4-9(5-7-10)8(2)13/h4-8,11-13H,3H2,1-2H3. The summed E-state index contributed by atoms with van der Waals surface area (Å²) in [5, 5.41) is 9.28. The zero-order valence-electron chi connectivity index (χ0n) is 9.27. The average molecular weight is 244 g/mol. The Morgan fingerprint density at radius 1 is 1.31 bits per heavy atom. The van der Waals surface area contributed by atoms with Crippen molar-refractivity contribution in [3.63, 3.8) is 0 Å². The fourth-order valence-electron chi connectivity index (χ4n) is 1.21. The molecule has 16 heavy (non-hydrogen) atoms. The van der Waals surface area contributed by atoms with Crippen LogP contribution >= 0.6 is 0 Å². The molecule has 3 N–H and O–H groups in total. The summed E-state index contributed by atoms with van der Waals surface area (Å²) < 4.78 is 27.4. The Balaban J connectivity index is 2.76. The Bertz CT molecular complexity index is 426. The third-order valence-corrected chi connectivity index (χ3v) is 3.15. The van der Waals surface area contributed by atoms with Gasteiger partial charge in [-0.3, -0.25) is 4.72 Å². The molecule has 0 aliphatic heterocycles. The number of hydrogen-bond acceptors (Lipinski definition) is 3. The molecule has 0 heterocycles. The largest absolute Gasteiger partial charge is 0.389 e. The fourth-order valence-corrected chi connectivity index (χ4v) is 2.11. The van der Waals surface area contributed by atoms with Crippen LogP contribution in [0.5, 0.6) is 0 Å². The highest BCUT2D eigenvalue weighted by atomic mass is 32.2. The first-order valence-corrected chi connectivity index (χ1v) is 6.48. The van der Waals surface area contributed by atoms with E-state index in [-0.39, 0.29) is 0 Å². The summed E-state index contributed by atoms with van der Waals surface area (Å²) in [6, 6.07) is 6.57. The van der Waals surface area contributed by atoms with Gasteiger partial charge in [0.1, 0.15) is 0 Å². The number of hydrogen-bond donors (Lipinski definition) is 3. The summed E-state index contributed by atoms with van der Waals surface area (Å²) in [6.07, 6.45) is -0.556. The van der Waals surface area contributed by atoms with Crippen molar-refractivity contribution >= 4 is 15.9 Å². The molecule has 90 valence electrons. The van der Waals surface area contributed by atoms with Crippen molar-refractivity contribution < 1.29 is 13.5 Å². The van der Waals surface area contributed by atoms with E-state index in [2.05, 4.69) is 9.44 Å². The zero-order valence-corrected chi connectivity index (χ0v) is 10.1. The minimum atomic E-state index is -3.48. The molecule has 0 aliphatic carbocycles. The monoisotopic (exact) mass is 244 g/mol. The third-order valence-electron chi connectivity index (χ3n) is 1.98. The second-order valence-electron chi connectivity index (χ2n) is 3.40. The molecule has 1 rings (SSSR count). The number of anilines is 1. The number of benzene rings is 1. The number of rotatable bonds is 5. The lowest BCUT2D eigenvalue weighted by atomic mass is 10.1. The Morgan fingerprint density at radius 3 is 2.31 bits per heavy atom. The van der Waals surface area contributed by atoms with E-state index in [9.17, 15) is 13.5 Å². The topological polar surface area (TPSA) is 78.4 Å². The number of aliphatic hydroxyl groups excluding tert-OH is 1. The van der Waals surface area contributed by atoms with Crippen LogP contribution in [0, 0.1) is 0 Å². The predicted molar refractivity (Wildman–Crippen MR) is 63.3 cm³/mol. The van der Waals surface area contributed by atoms with Crippen molar-refractivity contribution in [2.24, 2.45) is 0 Å². The van der Waals surface area contributed by atoms with Gasteiger partial charge in [-0.05, 0) is 24.6 Å². The molecule has 0 aliphatic rings. The molecule has 0 bridgehead atoms. The Labute approximate surface area is 95.7 Å². The summed E-state index contributed by atoms with van der Waals surface area (Å²) in [5.41, 5.74) is 1.21. The van der Waals surface area contributed by atoms with Crippen LogP contribution in [0.4, 0.5) is 5.69 Å². The van der Waals surface area contributed by atoms with Crippen LogP contribution in [0.3, 0.4) is 0 Å². The number of nitrogens with one attached hydrogen (secondary N) is 2. The van der Waals surface area contributed by atoms with Gasteiger partial charge in [0.2, 0.25) is 0 Å². The van der Waals surface area contributed by atoms with E-state index in [0.717, 1.165) is 5.56 Å². The summed E-state index contributed by atoms with van der Waals surface area (Å²) >= 11 is 0. The molecule has 0 saturated carbocycles. The van der Waals surface area contributed by atoms with Gasteiger partial charge in [0.05, 0.1) is 6.10 Å². The summed E-state index contributed by atoms with van der Waals surface area (Å²) in [6.45, 7) is 3.69. The molecule has 1 aromatic rings. The van der Waals surface area contributed by atoms with E-state index >= 15 is 0 Å². The molecule has 6 heteroatoms. The molecule has 1 aromatic carbocycles. The Morgan fingerprint density at radius 2 is 1.88 bits per heavy atom. The lowest BCUT2D eigenvalue weighted by Crippen LogP contribution is -2.29. The normalized spacial score (nSPS) is 13.4. The van der Waals surface area contributed by atoms with E-state index < -0.39 is 16.3 Å². The van der Waals surface area contributed by atoms with Crippen LogP contribution < -0.4 is 9.44 Å². The molecule has 0 aromatic heterocycles. The van der Waals surface area contributed by atoms with E-state index in [1.165, 1.54) is 0 Å². The lowest BCUT2D eigenvalue weighted by Gasteiger charge is -2.09. The fraction of sp³-hybridized carbons (Fsp3) is 0.400.